The number of hydrogen-bond acceptors (Lipinski definition) is 5. The molecule has 0 spiro atoms. The van der Waals surface area contributed by atoms with Crippen LogP contribution in [0.2, 0.25) is 0 Å². The molecule has 0 saturated carbocycles. The van der Waals surface area contributed by atoms with E-state index >= 15 is 0 Å². The number of rotatable bonds is 7. The third-order valence-corrected chi connectivity index (χ3v) is 3.01. The molecule has 19 heavy (non-hydrogen) atoms. The van der Waals surface area contributed by atoms with Crippen molar-refractivity contribution in [2.24, 2.45) is 0 Å². The Hall–Kier alpha value is -1.18. The Kier molecular flexibility index (Phi) is 6.75. The van der Waals surface area contributed by atoms with Crippen LogP contribution >= 0.6 is 0 Å². The number of methoxy groups -OCH3 is 1. The van der Waals surface area contributed by atoms with Gasteiger partial charge in [0, 0.05) is 33.9 Å². The van der Waals surface area contributed by atoms with Crippen LogP contribution in [0.25, 0.3) is 0 Å². The number of carbonyl (C=O) groups is 2. The van der Waals surface area contributed by atoms with Gasteiger partial charge in [0.25, 0.3) is 0 Å². The molecule has 1 rings (SSSR count). The van der Waals surface area contributed by atoms with Crippen molar-refractivity contribution in [2.45, 2.75) is 25.0 Å². The lowest BCUT2D eigenvalue weighted by Gasteiger charge is -2.20. The first kappa shape index (κ1) is 15.9. The molecular weight excluding hydrogens is 250 g/mol. The number of aliphatic hydroxyl groups excluding tert-OH is 1. The van der Waals surface area contributed by atoms with Crippen molar-refractivity contribution in [2.75, 3.05) is 40.4 Å². The summed E-state index contributed by atoms with van der Waals surface area (Å²) in [6.45, 7) is 1.58. The van der Waals surface area contributed by atoms with Crippen LogP contribution in [0.3, 0.4) is 0 Å². The predicted octanol–water partition coefficient (Wildman–Crippen LogP) is -1.68. The molecule has 0 aromatic rings. The van der Waals surface area contributed by atoms with Crippen molar-refractivity contribution in [3.8, 4) is 0 Å². The van der Waals surface area contributed by atoms with Gasteiger partial charge in [0.05, 0.1) is 18.7 Å². The van der Waals surface area contributed by atoms with E-state index in [2.05, 4.69) is 10.6 Å². The van der Waals surface area contributed by atoms with Gasteiger partial charge in [-0.25, -0.2) is 0 Å². The zero-order chi connectivity index (χ0) is 14.3. The fourth-order valence-electron chi connectivity index (χ4n) is 1.96. The van der Waals surface area contributed by atoms with Crippen molar-refractivity contribution in [1.82, 2.24) is 15.5 Å². The summed E-state index contributed by atoms with van der Waals surface area (Å²) in [5.74, 6) is -0.353. The maximum Gasteiger partial charge on any atom is 0.240 e. The van der Waals surface area contributed by atoms with Gasteiger partial charge in [0.1, 0.15) is 0 Å². The number of carbonyl (C=O) groups excluding carboxylic acids is 2. The molecule has 1 saturated heterocycles. The zero-order valence-corrected chi connectivity index (χ0v) is 11.5. The van der Waals surface area contributed by atoms with Gasteiger partial charge in [0.2, 0.25) is 11.8 Å². The number of amides is 2. The normalized spacial score (nSPS) is 22.3. The molecule has 110 valence electrons. The number of ether oxygens (including phenoxy) is 1. The molecule has 1 aliphatic heterocycles. The highest BCUT2D eigenvalue weighted by atomic mass is 16.5. The molecule has 1 aliphatic rings. The highest BCUT2D eigenvalue weighted by Gasteiger charge is 2.30. The minimum absolute atomic E-state index is 0.0279. The molecule has 7 nitrogen and oxygen atoms in total. The smallest absolute Gasteiger partial charge is 0.240 e. The van der Waals surface area contributed by atoms with Crippen molar-refractivity contribution in [1.29, 1.82) is 0 Å². The van der Waals surface area contributed by atoms with E-state index in [9.17, 15) is 14.7 Å². The van der Waals surface area contributed by atoms with E-state index in [1.165, 1.54) is 4.90 Å². The van der Waals surface area contributed by atoms with Crippen LogP contribution in [0.4, 0.5) is 0 Å². The molecule has 0 aromatic heterocycles. The number of nitrogens with zero attached hydrogens (tertiary/aromatic N) is 1. The SMILES string of the molecule is COCCCNC(=O)CN(C)C(=O)C1CC(O)CN1. The molecule has 0 radical (unpaired) electrons. The predicted molar refractivity (Wildman–Crippen MR) is 69.6 cm³/mol. The molecule has 0 aromatic carbocycles. The molecular formula is C12H23N3O4. The van der Waals surface area contributed by atoms with Gasteiger partial charge < -0.3 is 25.4 Å². The first-order chi connectivity index (χ1) is 9.04. The van der Waals surface area contributed by atoms with Crippen LogP contribution in [-0.2, 0) is 14.3 Å². The maximum atomic E-state index is 12.0. The summed E-state index contributed by atoms with van der Waals surface area (Å²) >= 11 is 0. The lowest BCUT2D eigenvalue weighted by Crippen LogP contribution is -2.45. The summed E-state index contributed by atoms with van der Waals surface area (Å²) in [7, 11) is 3.20. The minimum Gasteiger partial charge on any atom is -0.392 e. The molecule has 0 bridgehead atoms. The summed E-state index contributed by atoms with van der Waals surface area (Å²) in [5, 5.41) is 15.0. The molecule has 1 fully saturated rings. The number of β-amino-alcohol motifs (C(OH)–C–C–N with tert-alkyl or cyclic N) is 1. The summed E-state index contributed by atoms with van der Waals surface area (Å²) < 4.78 is 4.87. The van der Waals surface area contributed by atoms with Crippen LogP contribution in [0, 0.1) is 0 Å². The summed E-state index contributed by atoms with van der Waals surface area (Å²) in [6, 6.07) is -0.388. The fraction of sp³-hybridized carbons (Fsp3) is 0.833. The van der Waals surface area contributed by atoms with E-state index in [0.29, 0.717) is 26.1 Å². The van der Waals surface area contributed by atoms with Crippen LogP contribution in [-0.4, -0.2) is 74.4 Å². The standard InChI is InChI=1S/C12H23N3O4/c1-15(8-11(17)13-4-3-5-19-2)12(18)10-6-9(16)7-14-10/h9-10,14,16H,3-8H2,1-2H3,(H,13,17). The largest absolute Gasteiger partial charge is 0.392 e. The summed E-state index contributed by atoms with van der Waals surface area (Å²) in [4.78, 5) is 24.9. The Bertz CT molecular complexity index is 311. The topological polar surface area (TPSA) is 90.9 Å². The molecule has 2 unspecified atom stereocenters. The number of likely N-dealkylation sites (N-methyl/N-ethyl adjacent to an activating group) is 1. The number of nitrogens with one attached hydrogen (secondary N) is 2. The highest BCUT2D eigenvalue weighted by Crippen LogP contribution is 2.08. The van der Waals surface area contributed by atoms with Crippen molar-refractivity contribution in [3.63, 3.8) is 0 Å². The van der Waals surface area contributed by atoms with Crippen LogP contribution in [0.15, 0.2) is 0 Å². The Balaban J connectivity index is 2.23. The van der Waals surface area contributed by atoms with E-state index in [-0.39, 0.29) is 24.4 Å². The first-order valence-electron chi connectivity index (χ1n) is 6.46. The lowest BCUT2D eigenvalue weighted by molar-refractivity contribution is -0.136. The van der Waals surface area contributed by atoms with Gasteiger partial charge in [0.15, 0.2) is 0 Å². The van der Waals surface area contributed by atoms with E-state index in [1.807, 2.05) is 0 Å². The molecule has 3 N–H and O–H groups in total. The maximum absolute atomic E-state index is 12.0. The van der Waals surface area contributed by atoms with Gasteiger partial charge >= 0.3 is 0 Å². The monoisotopic (exact) mass is 273 g/mol. The molecule has 2 atom stereocenters. The van der Waals surface area contributed by atoms with Gasteiger partial charge in [-0.3, -0.25) is 9.59 Å². The van der Waals surface area contributed by atoms with E-state index in [1.54, 1.807) is 14.2 Å². The van der Waals surface area contributed by atoms with E-state index in [0.717, 1.165) is 6.42 Å². The molecule has 2 amide bonds. The van der Waals surface area contributed by atoms with Gasteiger partial charge in [-0.15, -0.1) is 0 Å². The van der Waals surface area contributed by atoms with Gasteiger partial charge in [-0.05, 0) is 12.8 Å². The minimum atomic E-state index is -0.481. The van der Waals surface area contributed by atoms with Crippen molar-refractivity contribution < 1.29 is 19.4 Å². The number of aliphatic hydroxyl groups is 1. The molecule has 7 heteroatoms. The zero-order valence-electron chi connectivity index (χ0n) is 11.5. The summed E-state index contributed by atoms with van der Waals surface area (Å²) in [6.07, 6.45) is 0.666. The average molecular weight is 273 g/mol. The fourth-order valence-corrected chi connectivity index (χ4v) is 1.96. The second-order valence-corrected chi connectivity index (χ2v) is 4.74. The van der Waals surface area contributed by atoms with E-state index in [4.69, 9.17) is 4.74 Å². The molecule has 0 aliphatic carbocycles. The second kappa shape index (κ2) is 8.08. The van der Waals surface area contributed by atoms with E-state index < -0.39 is 6.10 Å². The van der Waals surface area contributed by atoms with Crippen LogP contribution in [0.5, 0.6) is 0 Å². The second-order valence-electron chi connectivity index (χ2n) is 4.74. The van der Waals surface area contributed by atoms with Gasteiger partial charge in [-0.2, -0.15) is 0 Å². The summed E-state index contributed by atoms with van der Waals surface area (Å²) in [5.41, 5.74) is 0. The first-order valence-corrected chi connectivity index (χ1v) is 6.46. The third kappa shape index (κ3) is 5.54. The quantitative estimate of drug-likeness (QED) is 0.482. The van der Waals surface area contributed by atoms with Crippen LogP contribution < -0.4 is 10.6 Å². The third-order valence-electron chi connectivity index (χ3n) is 3.01. The molecule has 1 heterocycles. The Morgan fingerprint density at radius 3 is 2.84 bits per heavy atom. The Morgan fingerprint density at radius 1 is 1.53 bits per heavy atom. The number of hydrogen-bond donors (Lipinski definition) is 3. The van der Waals surface area contributed by atoms with Crippen molar-refractivity contribution in [3.05, 3.63) is 0 Å². The Morgan fingerprint density at radius 2 is 2.26 bits per heavy atom. The highest BCUT2D eigenvalue weighted by molar-refractivity contribution is 5.87. The van der Waals surface area contributed by atoms with Crippen molar-refractivity contribution >= 4 is 11.8 Å². The Labute approximate surface area is 113 Å². The lowest BCUT2D eigenvalue weighted by atomic mass is 10.2. The van der Waals surface area contributed by atoms with Gasteiger partial charge in [-0.1, -0.05) is 0 Å². The van der Waals surface area contributed by atoms with Crippen LogP contribution in [0.1, 0.15) is 12.8 Å². The average Bonchev–Trinajstić information content (AvgIpc) is 2.80.